The van der Waals surface area contributed by atoms with Gasteiger partial charge in [-0.25, -0.2) is 45.3 Å². The Balaban J connectivity index is 0.000000176. The van der Waals surface area contributed by atoms with E-state index in [0.717, 1.165) is 16.0 Å². The minimum absolute atomic E-state index is 0.198. The molecule has 12 rings (SSSR count). The molecule has 16 N–H and O–H groups in total. The number of hydrogen-bond donors (Lipinski definition) is 12. The highest BCUT2D eigenvalue weighted by molar-refractivity contribution is 7.84. The second-order valence-electron chi connectivity index (χ2n) is 26.4. The number of ketones is 3. The van der Waals surface area contributed by atoms with Gasteiger partial charge in [0, 0.05) is 92.0 Å². The number of carbonyl (C=O) groups excluding carboxylic acids is 3. The predicted octanol–water partition coefficient (Wildman–Crippen LogP) is 7.42. The normalized spacial score (nSPS) is 21.0. The summed E-state index contributed by atoms with van der Waals surface area (Å²) in [5, 5.41) is 80.6. The van der Waals surface area contributed by atoms with Crippen LogP contribution in [0, 0.1) is 24.7 Å². The van der Waals surface area contributed by atoms with Crippen LogP contribution in [0.1, 0.15) is 146 Å². The summed E-state index contributed by atoms with van der Waals surface area (Å²) in [6, 6.07) is 24.8. The number of aromatic nitrogens is 6. The van der Waals surface area contributed by atoms with Crippen LogP contribution in [0.15, 0.2) is 134 Å². The monoisotopic (exact) mass is 1690 g/mol. The molecule has 3 saturated carbocycles. The van der Waals surface area contributed by atoms with Crippen LogP contribution in [0.5, 0.6) is 0 Å². The number of aliphatic hydroxyl groups is 5. The van der Waals surface area contributed by atoms with Crippen molar-refractivity contribution in [1.82, 2.24) is 29.9 Å². The molecule has 110 heavy (non-hydrogen) atoms. The molecule has 3 aliphatic rings. The number of ether oxygens (including phenoxy) is 1. The van der Waals surface area contributed by atoms with E-state index in [1.165, 1.54) is 78.7 Å². The first-order chi connectivity index (χ1) is 52.0. The van der Waals surface area contributed by atoms with E-state index < -0.39 is 84.7 Å². The number of carbonyl (C=O) groups is 3. The summed E-state index contributed by atoms with van der Waals surface area (Å²) in [7, 11) is -10.8. The molecule has 31 nitrogen and oxygen atoms in total. The highest BCUT2D eigenvalue weighted by atomic mass is 35.5. The lowest BCUT2D eigenvalue weighted by Gasteiger charge is -2.23. The largest absolute Gasteiger partial charge is 0.393 e. The lowest BCUT2D eigenvalue weighted by molar-refractivity contribution is 0.100. The zero-order chi connectivity index (χ0) is 79.6. The Hall–Kier alpha value is -7.39. The van der Waals surface area contributed by atoms with Crippen LogP contribution in [0.4, 0.5) is 17.5 Å². The van der Waals surface area contributed by atoms with Crippen molar-refractivity contribution in [3.05, 3.63) is 223 Å². The number of benzene rings is 3. The van der Waals surface area contributed by atoms with Crippen LogP contribution in [-0.4, -0.2) is 161 Å². The molecule has 3 unspecified atom stereocenters. The maximum Gasteiger partial charge on any atom is 0.333 e. The Morgan fingerprint density at radius 3 is 1.39 bits per heavy atom. The fraction of sp³-hybridized carbons (Fsp3) is 0.357. The second kappa shape index (κ2) is 37.1. The van der Waals surface area contributed by atoms with Gasteiger partial charge >= 0.3 is 30.9 Å². The number of thiophene rings is 3. The summed E-state index contributed by atoms with van der Waals surface area (Å²) in [6.45, 7) is 3.03. The van der Waals surface area contributed by atoms with Crippen LogP contribution >= 0.6 is 68.8 Å². The average molecular weight is 1690 g/mol. The molecule has 0 amide bonds. The van der Waals surface area contributed by atoms with E-state index in [1.54, 1.807) is 91.2 Å². The molecule has 3 aromatic carbocycles. The van der Waals surface area contributed by atoms with Crippen molar-refractivity contribution < 1.29 is 82.5 Å². The number of aryl methyl sites for hydroxylation is 1. The number of nitrogens with zero attached hydrogens (tertiary/aromatic N) is 6. The van der Waals surface area contributed by atoms with Crippen molar-refractivity contribution in [2.24, 2.45) is 38.9 Å². The second-order valence-corrected chi connectivity index (χ2v) is 34.7. The topological polar surface area (TPSA) is 509 Å². The van der Waals surface area contributed by atoms with Crippen LogP contribution in [0.3, 0.4) is 0 Å². The van der Waals surface area contributed by atoms with E-state index >= 15 is 0 Å². The van der Waals surface area contributed by atoms with Gasteiger partial charge in [0.15, 0.2) is 0 Å². The summed E-state index contributed by atoms with van der Waals surface area (Å²) < 4.78 is 85.7. The van der Waals surface area contributed by atoms with Gasteiger partial charge in [-0.2, -0.15) is 25.3 Å². The number of hydrogen-bond acceptors (Lipinski definition) is 31. The maximum atomic E-state index is 13.6. The van der Waals surface area contributed by atoms with Crippen molar-refractivity contribution in [3.8, 4) is 0 Å². The fourth-order valence-corrected chi connectivity index (χ4v) is 17.7. The zero-order valence-corrected chi connectivity index (χ0v) is 65.9. The smallest absolute Gasteiger partial charge is 0.333 e. The molecule has 40 heteroatoms. The molecule has 3 fully saturated rings. The fourth-order valence-electron chi connectivity index (χ4n) is 12.9. The average Bonchev–Trinajstić information content (AvgIpc) is 1.60. The van der Waals surface area contributed by atoms with E-state index in [9.17, 15) is 65.2 Å². The Bertz CT molecular complexity index is 5120. The number of halogens is 3. The van der Waals surface area contributed by atoms with Crippen molar-refractivity contribution in [2.75, 3.05) is 42.9 Å². The van der Waals surface area contributed by atoms with Crippen molar-refractivity contribution in [2.45, 2.75) is 113 Å². The molecule has 0 radical (unpaired) electrons. The molecular formula is C70H78Cl3N13O18S6. The number of nitrogens with two attached hydrogens (primary N) is 4. The van der Waals surface area contributed by atoms with Crippen molar-refractivity contribution in [1.29, 1.82) is 0 Å². The standard InChI is InChI=1S/C24H27ClN4O7S2.C23H26ClN5O5S2.C23H25ClN4O6S2/c1-35-11-21-17(22(31)13-3-2-4-15(25)5-13)8-20(37-21)23(32)18-9-27-12-28-24(18)29-16-6-14(19(30)7-16)10-36-38(26,33)34;1-12-17(21(25)13-3-2-4-15(24)5-13)8-20(35-12)22(31)18-9-27-11-28-23(18)29-16-6-14(19(30)7-16)10-34-36(26,32)33;1-23(31,14-3-2-4-16(24)6-14)15-7-20(35-11-15)21(30)18-9-26-12-27-22(18)28-17-5-13(19(29)8-17)10-34-36(25,32)33/h2-5,8-9,12,14,16,19,22,30-31H,6-7,10-11H2,1H3,(H2,26,33,34)(H,27,28,29);2-5,8-9,11,14,16,19,21,30H,6-7,10,25H2,1H3,(H2,26,32,33)(H,27,28,29);2-4,6-7,9,11-13,17,19,29,31H,5,8,10H2,1H3,(H2,25,32,33)(H,26,27,28)/t14-,16-,19+,22?;14-,16-,19+,21?;13-,17-,19+,23?/m111/s1. The number of nitrogens with one attached hydrogen (secondary N) is 3. The molecule has 3 aliphatic carbocycles. The van der Waals surface area contributed by atoms with Crippen molar-refractivity contribution >= 4 is 135 Å². The molecule has 9 aromatic rings. The molecule has 0 saturated heterocycles. The quantitative estimate of drug-likeness (QED) is 0.0203. The first-order valence-corrected chi connectivity index (χ1v) is 41.7. The summed E-state index contributed by atoms with van der Waals surface area (Å²) in [5.41, 5.74) is 9.75. The molecule has 0 bridgehead atoms. The SMILES string of the molecule is CC(O)(c1cccc(Cl)c1)c1csc(C(=O)c2cncnc2N[C@@H]2C[C@H](COS(N)(=O)=O)[C@@H](O)C2)c1.COCc1sc(C(=O)c2cncnc2N[C@@H]2C[C@H](COS(N)(=O)=O)[C@@H](O)C2)cc1C(O)c1cccc(Cl)c1.Cc1sc(C(=O)c2cncnc2N[C@@H]2C[C@H](COS(N)(=O)=O)[C@@H](O)C2)cc1C(N)c1cccc(Cl)c1. The first kappa shape index (κ1) is 85.0. The van der Waals surface area contributed by atoms with Gasteiger partial charge in [-0.1, -0.05) is 71.2 Å². The minimum atomic E-state index is -4.12. The maximum absolute atomic E-state index is 13.6. The third kappa shape index (κ3) is 22.7. The molecule has 6 aromatic heterocycles. The van der Waals surface area contributed by atoms with Gasteiger partial charge in [-0.3, -0.25) is 26.9 Å². The van der Waals surface area contributed by atoms with Gasteiger partial charge in [-0.15, -0.1) is 34.0 Å². The van der Waals surface area contributed by atoms with Crippen LogP contribution in [0.2, 0.25) is 15.1 Å². The van der Waals surface area contributed by atoms with Gasteiger partial charge in [0.1, 0.15) is 48.1 Å². The first-order valence-electron chi connectivity index (χ1n) is 33.6. The predicted molar refractivity (Wildman–Crippen MR) is 414 cm³/mol. The highest BCUT2D eigenvalue weighted by Gasteiger charge is 2.39. The summed E-state index contributed by atoms with van der Waals surface area (Å²) in [6.07, 6.45) is 6.83. The van der Waals surface area contributed by atoms with E-state index in [2.05, 4.69) is 58.4 Å². The lowest BCUT2D eigenvalue weighted by Crippen LogP contribution is -2.24. The van der Waals surface area contributed by atoms with Gasteiger partial charge in [0.25, 0.3) is 0 Å². The van der Waals surface area contributed by atoms with E-state index in [1.807, 2.05) is 19.1 Å². The molecular weight excluding hydrogens is 1610 g/mol. The molecule has 0 aliphatic heterocycles. The van der Waals surface area contributed by atoms with Crippen LogP contribution in [-0.2, 0) is 60.4 Å². The zero-order valence-electron chi connectivity index (χ0n) is 58.7. The molecule has 0 spiro atoms. The van der Waals surface area contributed by atoms with E-state index in [0.29, 0.717) is 101 Å². The number of methoxy groups -OCH3 is 1. The summed E-state index contributed by atoms with van der Waals surface area (Å²) >= 11 is 22.0. The van der Waals surface area contributed by atoms with Gasteiger partial charge < -0.3 is 52.0 Å². The van der Waals surface area contributed by atoms with Gasteiger partial charge in [-0.05, 0) is 140 Å². The van der Waals surface area contributed by atoms with Gasteiger partial charge in [0.05, 0.1) is 82.1 Å². The molecule has 588 valence electrons. The van der Waals surface area contributed by atoms with E-state index in [-0.39, 0.29) is 90.2 Å². The Kier molecular flexibility index (Phi) is 28.6. The van der Waals surface area contributed by atoms with Gasteiger partial charge in [0.2, 0.25) is 17.3 Å². The van der Waals surface area contributed by atoms with Crippen molar-refractivity contribution in [3.63, 3.8) is 0 Å². The molecule has 12 atom stereocenters. The third-order valence-corrected chi connectivity index (χ3v) is 23.7. The van der Waals surface area contributed by atoms with Crippen LogP contribution < -0.4 is 37.1 Å². The Morgan fingerprint density at radius 2 is 0.964 bits per heavy atom. The molecule has 6 heterocycles. The Labute approximate surface area is 660 Å². The summed E-state index contributed by atoms with van der Waals surface area (Å²) in [4.78, 5) is 67.9. The number of anilines is 3. The van der Waals surface area contributed by atoms with Crippen LogP contribution in [0.25, 0.3) is 0 Å². The minimum Gasteiger partial charge on any atom is -0.393 e. The third-order valence-electron chi connectivity index (χ3n) is 18.5. The Morgan fingerprint density at radius 1 is 0.564 bits per heavy atom. The summed E-state index contributed by atoms with van der Waals surface area (Å²) in [5.74, 6) is -1.40. The number of aliphatic hydroxyl groups excluding tert-OH is 4. The van der Waals surface area contributed by atoms with E-state index in [4.69, 9.17) is 60.7 Å². The highest BCUT2D eigenvalue weighted by Crippen LogP contribution is 2.40. The lowest BCUT2D eigenvalue weighted by atomic mass is 9.90. The number of rotatable bonds is 29.